The minimum absolute atomic E-state index is 0.0203. The summed E-state index contributed by atoms with van der Waals surface area (Å²) in [5, 5.41) is 5.63. The monoisotopic (exact) mass is 522 g/mol. The number of carbonyl (C=O) groups excluding carboxylic acids is 1. The molecule has 202 valence electrons. The largest absolute Gasteiger partial charge is 0.444 e. The number of anilines is 1. The van der Waals surface area contributed by atoms with Crippen molar-refractivity contribution in [2.24, 2.45) is 0 Å². The maximum absolute atomic E-state index is 15.6. The van der Waals surface area contributed by atoms with Crippen LogP contribution in [0.1, 0.15) is 56.5 Å². The summed E-state index contributed by atoms with van der Waals surface area (Å²) >= 11 is 0. The molecular formula is C28H35FN6O3. The van der Waals surface area contributed by atoms with Crippen molar-refractivity contribution in [3.8, 4) is 5.82 Å². The van der Waals surface area contributed by atoms with E-state index >= 15 is 4.39 Å². The minimum atomic E-state index is -1.19. The van der Waals surface area contributed by atoms with Crippen molar-refractivity contribution < 1.29 is 18.7 Å². The second-order valence-electron chi connectivity index (χ2n) is 11.8. The van der Waals surface area contributed by atoms with Gasteiger partial charge in [-0.1, -0.05) is 0 Å². The molecule has 9 nitrogen and oxygen atoms in total. The van der Waals surface area contributed by atoms with Crippen LogP contribution in [-0.4, -0.2) is 80.9 Å². The maximum Gasteiger partial charge on any atom is 0.410 e. The van der Waals surface area contributed by atoms with Gasteiger partial charge in [-0.05, 0) is 70.7 Å². The lowest BCUT2D eigenvalue weighted by molar-refractivity contribution is 0.0111. The number of halogens is 1. The normalized spacial score (nSPS) is 25.4. The number of nitrogens with zero attached hydrogens (tertiary/aromatic N) is 6. The van der Waals surface area contributed by atoms with Crippen LogP contribution < -0.4 is 4.90 Å². The number of ether oxygens (including phenoxy) is 2. The molecule has 4 atom stereocenters. The van der Waals surface area contributed by atoms with Gasteiger partial charge in [-0.25, -0.2) is 23.8 Å². The summed E-state index contributed by atoms with van der Waals surface area (Å²) in [6, 6.07) is 6.43. The number of carbonyl (C=O) groups is 1. The highest BCUT2D eigenvalue weighted by atomic mass is 19.1. The molecule has 6 rings (SSSR count). The van der Waals surface area contributed by atoms with Gasteiger partial charge in [0.1, 0.15) is 23.4 Å². The number of alkyl halides is 1. The van der Waals surface area contributed by atoms with Crippen molar-refractivity contribution >= 4 is 22.8 Å². The maximum atomic E-state index is 15.6. The fourth-order valence-electron chi connectivity index (χ4n) is 6.01. The van der Waals surface area contributed by atoms with E-state index in [9.17, 15) is 4.79 Å². The van der Waals surface area contributed by atoms with Crippen molar-refractivity contribution in [1.82, 2.24) is 24.6 Å². The van der Waals surface area contributed by atoms with Crippen molar-refractivity contribution in [2.45, 2.75) is 77.3 Å². The van der Waals surface area contributed by atoms with Crippen LogP contribution in [-0.2, 0) is 9.47 Å². The summed E-state index contributed by atoms with van der Waals surface area (Å²) in [6.45, 7) is 11.4. The molecule has 2 aromatic heterocycles. The molecule has 1 aromatic carbocycles. The van der Waals surface area contributed by atoms with E-state index in [4.69, 9.17) is 19.4 Å². The molecular weight excluding hydrogens is 487 g/mol. The van der Waals surface area contributed by atoms with E-state index in [-0.39, 0.29) is 18.6 Å². The Labute approximate surface area is 221 Å². The lowest BCUT2D eigenvalue weighted by atomic mass is 9.85. The second-order valence-corrected chi connectivity index (χ2v) is 11.8. The number of aryl methyl sites for hydroxylation is 2. The number of piperidine rings is 1. The van der Waals surface area contributed by atoms with E-state index in [0.29, 0.717) is 30.6 Å². The van der Waals surface area contributed by atoms with Crippen molar-refractivity contribution in [3.05, 3.63) is 41.3 Å². The van der Waals surface area contributed by atoms with E-state index in [1.165, 1.54) is 4.90 Å². The van der Waals surface area contributed by atoms with Gasteiger partial charge in [0, 0.05) is 30.5 Å². The lowest BCUT2D eigenvalue weighted by Gasteiger charge is -2.36. The fourth-order valence-corrected chi connectivity index (χ4v) is 6.01. The van der Waals surface area contributed by atoms with Gasteiger partial charge in [-0.3, -0.25) is 0 Å². The number of fused-ring (bicyclic) bond motifs is 3. The Morgan fingerprint density at radius 3 is 2.61 bits per heavy atom. The van der Waals surface area contributed by atoms with Gasteiger partial charge in [-0.2, -0.15) is 5.10 Å². The summed E-state index contributed by atoms with van der Waals surface area (Å²) in [6.07, 6.45) is 2.00. The van der Waals surface area contributed by atoms with Gasteiger partial charge in [0.25, 0.3) is 0 Å². The zero-order chi connectivity index (χ0) is 26.8. The van der Waals surface area contributed by atoms with Gasteiger partial charge >= 0.3 is 6.09 Å². The SMILES string of the molecule is Cc1nc(N2C[C@H]3C[C@@H]2CO3)cc(-n2ncc3cc(C)c([C@@H]4CCN(C(=O)OC(C)(C)C)C[C@@H]4F)cc32)n1. The smallest absolute Gasteiger partial charge is 0.410 e. The average Bonchev–Trinajstić information content (AvgIpc) is 3.58. The van der Waals surface area contributed by atoms with Crippen LogP contribution in [0.2, 0.25) is 0 Å². The lowest BCUT2D eigenvalue weighted by Crippen LogP contribution is -2.46. The van der Waals surface area contributed by atoms with Crippen molar-refractivity contribution in [1.29, 1.82) is 0 Å². The number of morpholine rings is 1. The molecule has 0 N–H and O–H groups in total. The molecule has 0 aliphatic carbocycles. The van der Waals surface area contributed by atoms with Crippen molar-refractivity contribution in [2.75, 3.05) is 31.1 Å². The molecule has 2 bridgehead atoms. The molecule has 3 fully saturated rings. The summed E-state index contributed by atoms with van der Waals surface area (Å²) in [4.78, 5) is 25.7. The Balaban J connectivity index is 1.29. The second kappa shape index (κ2) is 9.18. The number of hydrogen-bond donors (Lipinski definition) is 0. The Bertz CT molecular complexity index is 1380. The molecule has 5 heterocycles. The van der Waals surface area contributed by atoms with E-state index < -0.39 is 17.9 Å². The molecule has 3 saturated heterocycles. The van der Waals surface area contributed by atoms with Crippen LogP contribution in [0.3, 0.4) is 0 Å². The molecule has 0 saturated carbocycles. The number of amides is 1. The molecule has 0 spiro atoms. The summed E-state index contributed by atoms with van der Waals surface area (Å²) in [5.74, 6) is 1.94. The fraction of sp³-hybridized carbons (Fsp3) is 0.571. The third-order valence-electron chi connectivity index (χ3n) is 7.77. The van der Waals surface area contributed by atoms with Gasteiger partial charge in [0.2, 0.25) is 0 Å². The summed E-state index contributed by atoms with van der Waals surface area (Å²) in [5.41, 5.74) is 2.22. The number of aromatic nitrogens is 4. The van der Waals surface area contributed by atoms with Crippen LogP contribution >= 0.6 is 0 Å². The highest BCUT2D eigenvalue weighted by Crippen LogP contribution is 2.36. The molecule has 38 heavy (non-hydrogen) atoms. The zero-order valence-electron chi connectivity index (χ0n) is 22.6. The Morgan fingerprint density at radius 2 is 1.92 bits per heavy atom. The van der Waals surface area contributed by atoms with E-state index in [1.54, 1.807) is 0 Å². The Kier molecular flexibility index (Phi) is 6.05. The summed E-state index contributed by atoms with van der Waals surface area (Å²) < 4.78 is 28.6. The predicted molar refractivity (Wildman–Crippen MR) is 142 cm³/mol. The molecule has 3 aromatic rings. The van der Waals surface area contributed by atoms with Gasteiger partial charge < -0.3 is 19.3 Å². The number of benzene rings is 1. The topological polar surface area (TPSA) is 85.6 Å². The predicted octanol–water partition coefficient (Wildman–Crippen LogP) is 4.47. The first kappa shape index (κ1) is 25.0. The molecule has 10 heteroatoms. The minimum Gasteiger partial charge on any atom is -0.444 e. The van der Waals surface area contributed by atoms with E-state index in [2.05, 4.69) is 16.1 Å². The molecule has 0 unspecified atom stereocenters. The van der Waals surface area contributed by atoms with Crippen LogP contribution in [0, 0.1) is 13.8 Å². The molecule has 3 aliphatic rings. The van der Waals surface area contributed by atoms with Crippen LogP contribution in [0.15, 0.2) is 24.4 Å². The standard InChI is InChI=1S/C28H35FN6O3/c1-16-8-18-12-30-35(26-11-25(31-17(2)32-26)34-13-20-9-19(34)15-37-20)24(18)10-22(16)21-6-7-33(14-23(21)29)27(36)38-28(3,4)5/h8,10-12,19-21,23H,6-7,9,13-15H2,1-5H3/t19-,20-,21+,23+/m1/s1. The van der Waals surface area contributed by atoms with Crippen LogP contribution in [0.25, 0.3) is 16.7 Å². The van der Waals surface area contributed by atoms with Crippen LogP contribution in [0.4, 0.5) is 15.0 Å². The van der Waals surface area contributed by atoms with Crippen LogP contribution in [0.5, 0.6) is 0 Å². The van der Waals surface area contributed by atoms with E-state index in [0.717, 1.165) is 47.4 Å². The quantitative estimate of drug-likeness (QED) is 0.502. The Hall–Kier alpha value is -3.27. The zero-order valence-corrected chi connectivity index (χ0v) is 22.6. The van der Waals surface area contributed by atoms with Gasteiger partial charge in [-0.15, -0.1) is 0 Å². The third kappa shape index (κ3) is 4.59. The van der Waals surface area contributed by atoms with E-state index in [1.807, 2.05) is 57.6 Å². The Morgan fingerprint density at radius 1 is 1.13 bits per heavy atom. The van der Waals surface area contributed by atoms with Crippen molar-refractivity contribution in [3.63, 3.8) is 0 Å². The van der Waals surface area contributed by atoms with Gasteiger partial charge in [0.05, 0.1) is 37.0 Å². The molecule has 1 amide bonds. The summed E-state index contributed by atoms with van der Waals surface area (Å²) in [7, 11) is 0. The average molecular weight is 523 g/mol. The highest BCUT2D eigenvalue weighted by molar-refractivity contribution is 5.82. The number of hydrogen-bond acceptors (Lipinski definition) is 7. The highest BCUT2D eigenvalue weighted by Gasteiger charge is 2.40. The first-order chi connectivity index (χ1) is 18.1. The van der Waals surface area contributed by atoms with Gasteiger partial charge in [0.15, 0.2) is 5.82 Å². The third-order valence-corrected chi connectivity index (χ3v) is 7.77. The number of rotatable bonds is 3. The molecule has 0 radical (unpaired) electrons. The first-order valence-corrected chi connectivity index (χ1v) is 13.4. The first-order valence-electron chi connectivity index (χ1n) is 13.4. The molecule has 3 aliphatic heterocycles. The number of likely N-dealkylation sites (tertiary alicyclic amines) is 1.